The Hall–Kier alpha value is -0.950. The number of thiophene rings is 1. The van der Waals surface area contributed by atoms with Crippen molar-refractivity contribution in [2.24, 2.45) is 0 Å². The van der Waals surface area contributed by atoms with Gasteiger partial charge in [-0.1, -0.05) is 23.7 Å². The van der Waals surface area contributed by atoms with E-state index in [1.165, 1.54) is 11.3 Å². The second-order valence-corrected chi connectivity index (χ2v) is 7.16. The van der Waals surface area contributed by atoms with Crippen LogP contribution in [0.3, 0.4) is 0 Å². The second kappa shape index (κ2) is 7.95. The fourth-order valence-electron chi connectivity index (χ4n) is 2.89. The molecule has 1 aromatic carbocycles. The number of hydrogen-bond acceptors (Lipinski definition) is 5. The first-order valence-corrected chi connectivity index (χ1v) is 9.19. The summed E-state index contributed by atoms with van der Waals surface area (Å²) >= 11 is 7.67. The van der Waals surface area contributed by atoms with E-state index in [2.05, 4.69) is 0 Å². The molecular weight excluding hydrogens is 348 g/mol. The van der Waals surface area contributed by atoms with Crippen LogP contribution in [0, 0.1) is 0 Å². The smallest absolute Gasteiger partial charge is 0.193 e. The Balaban J connectivity index is 1.91. The van der Waals surface area contributed by atoms with Gasteiger partial charge < -0.3 is 19.3 Å². The van der Waals surface area contributed by atoms with Gasteiger partial charge in [0.2, 0.25) is 0 Å². The van der Waals surface area contributed by atoms with E-state index in [4.69, 9.17) is 25.8 Å². The highest BCUT2D eigenvalue weighted by Gasteiger charge is 2.33. The molecule has 3 rings (SSSR count). The van der Waals surface area contributed by atoms with Gasteiger partial charge in [0, 0.05) is 18.7 Å². The first-order valence-electron chi connectivity index (χ1n) is 7.93. The topological polar surface area (TPSA) is 47.9 Å². The standard InChI is InChI=1S/C18H21ClO4S/c1-21-7-3-6-18(20,13-4-2-5-15(19)10-13)14-11-16(24-12-14)17-22-8-9-23-17/h2,4-5,10-12,17,20H,3,6-9H2,1H3. The number of ether oxygens (including phenoxy) is 3. The lowest BCUT2D eigenvalue weighted by molar-refractivity contribution is -0.0415. The van der Waals surface area contributed by atoms with Gasteiger partial charge in [0.25, 0.3) is 0 Å². The van der Waals surface area contributed by atoms with Crippen molar-refractivity contribution in [2.75, 3.05) is 26.9 Å². The first kappa shape index (κ1) is 17.9. The summed E-state index contributed by atoms with van der Waals surface area (Å²) in [6.45, 7) is 1.79. The fourth-order valence-corrected chi connectivity index (χ4v) is 4.05. The Morgan fingerprint density at radius 3 is 2.79 bits per heavy atom. The van der Waals surface area contributed by atoms with Crippen LogP contribution < -0.4 is 0 Å². The molecule has 1 saturated heterocycles. The van der Waals surface area contributed by atoms with Gasteiger partial charge in [-0.3, -0.25) is 0 Å². The summed E-state index contributed by atoms with van der Waals surface area (Å²) in [7, 11) is 1.66. The highest BCUT2D eigenvalue weighted by molar-refractivity contribution is 7.10. The van der Waals surface area contributed by atoms with Crippen molar-refractivity contribution >= 4 is 22.9 Å². The van der Waals surface area contributed by atoms with Gasteiger partial charge in [0.15, 0.2) is 6.29 Å². The van der Waals surface area contributed by atoms with Crippen molar-refractivity contribution in [3.8, 4) is 0 Å². The lowest BCUT2D eigenvalue weighted by atomic mass is 9.84. The van der Waals surface area contributed by atoms with Crippen molar-refractivity contribution in [3.05, 3.63) is 56.7 Å². The van der Waals surface area contributed by atoms with Crippen LogP contribution in [0.25, 0.3) is 0 Å². The SMILES string of the molecule is COCCCC(O)(c1cccc(Cl)c1)c1csc(C2OCCO2)c1. The summed E-state index contributed by atoms with van der Waals surface area (Å²) in [5.74, 6) is 0. The molecule has 1 unspecified atom stereocenters. The van der Waals surface area contributed by atoms with E-state index in [1.54, 1.807) is 13.2 Å². The maximum Gasteiger partial charge on any atom is 0.193 e. The Morgan fingerprint density at radius 2 is 2.08 bits per heavy atom. The third-order valence-electron chi connectivity index (χ3n) is 4.14. The summed E-state index contributed by atoms with van der Waals surface area (Å²) < 4.78 is 16.3. The molecule has 6 heteroatoms. The van der Waals surface area contributed by atoms with Gasteiger partial charge in [-0.25, -0.2) is 0 Å². The highest BCUT2D eigenvalue weighted by atomic mass is 35.5. The van der Waals surface area contributed by atoms with E-state index in [-0.39, 0.29) is 6.29 Å². The van der Waals surface area contributed by atoms with Gasteiger partial charge in [-0.2, -0.15) is 0 Å². The molecular formula is C18H21ClO4S. The summed E-state index contributed by atoms with van der Waals surface area (Å²) in [5, 5.41) is 14.0. The molecule has 0 amide bonds. The fraction of sp³-hybridized carbons (Fsp3) is 0.444. The van der Waals surface area contributed by atoms with Crippen LogP contribution in [-0.2, 0) is 19.8 Å². The van der Waals surface area contributed by atoms with Crippen LogP contribution in [0.15, 0.2) is 35.7 Å². The molecule has 1 aromatic heterocycles. The molecule has 4 nitrogen and oxygen atoms in total. The molecule has 0 saturated carbocycles. The molecule has 1 N–H and O–H groups in total. The number of halogens is 1. The molecule has 2 heterocycles. The predicted octanol–water partition coefficient (Wildman–Crippen LogP) is 4.11. The minimum absolute atomic E-state index is 0.327. The van der Waals surface area contributed by atoms with Gasteiger partial charge in [-0.05, 0) is 47.5 Å². The number of rotatable bonds is 7. The molecule has 0 aliphatic carbocycles. The second-order valence-electron chi connectivity index (χ2n) is 5.78. The molecule has 1 atom stereocenters. The maximum absolute atomic E-state index is 11.5. The molecule has 0 spiro atoms. The number of hydrogen-bond donors (Lipinski definition) is 1. The average Bonchev–Trinajstić information content (AvgIpc) is 3.26. The monoisotopic (exact) mass is 368 g/mol. The Labute approximate surface area is 150 Å². The van der Waals surface area contributed by atoms with Crippen LogP contribution in [0.2, 0.25) is 5.02 Å². The van der Waals surface area contributed by atoms with E-state index < -0.39 is 5.60 Å². The quantitative estimate of drug-likeness (QED) is 0.747. The normalized spacial score (nSPS) is 18.0. The van der Waals surface area contributed by atoms with Crippen molar-refractivity contribution in [3.63, 3.8) is 0 Å². The predicted molar refractivity (Wildman–Crippen MR) is 94.5 cm³/mol. The van der Waals surface area contributed by atoms with E-state index >= 15 is 0 Å². The number of benzene rings is 1. The number of methoxy groups -OCH3 is 1. The molecule has 24 heavy (non-hydrogen) atoms. The summed E-state index contributed by atoms with van der Waals surface area (Å²) in [4.78, 5) is 0.967. The van der Waals surface area contributed by atoms with Crippen LogP contribution in [0.5, 0.6) is 0 Å². The van der Waals surface area contributed by atoms with Gasteiger partial charge >= 0.3 is 0 Å². The van der Waals surface area contributed by atoms with E-state index in [0.717, 1.165) is 22.4 Å². The third kappa shape index (κ3) is 3.82. The van der Waals surface area contributed by atoms with Crippen LogP contribution >= 0.6 is 22.9 Å². The minimum atomic E-state index is -1.11. The Morgan fingerprint density at radius 1 is 1.29 bits per heavy atom. The number of aliphatic hydroxyl groups is 1. The molecule has 0 radical (unpaired) electrons. The van der Waals surface area contributed by atoms with Crippen LogP contribution in [0.1, 0.15) is 35.1 Å². The third-order valence-corrected chi connectivity index (χ3v) is 5.33. The van der Waals surface area contributed by atoms with E-state index in [9.17, 15) is 5.11 Å². The zero-order chi connectivity index (χ0) is 17.0. The minimum Gasteiger partial charge on any atom is -0.385 e. The summed E-state index contributed by atoms with van der Waals surface area (Å²) in [5.41, 5.74) is 0.500. The molecule has 1 aliphatic rings. The largest absolute Gasteiger partial charge is 0.385 e. The van der Waals surface area contributed by atoms with Gasteiger partial charge in [0.05, 0.1) is 18.1 Å². The zero-order valence-electron chi connectivity index (χ0n) is 13.5. The van der Waals surface area contributed by atoms with Crippen molar-refractivity contribution in [1.29, 1.82) is 0 Å². The van der Waals surface area contributed by atoms with Crippen LogP contribution in [0.4, 0.5) is 0 Å². The van der Waals surface area contributed by atoms with Crippen molar-refractivity contribution in [1.82, 2.24) is 0 Å². The Bertz CT molecular complexity index is 669. The highest BCUT2D eigenvalue weighted by Crippen LogP contribution is 2.39. The summed E-state index contributed by atoms with van der Waals surface area (Å²) in [6, 6.07) is 9.34. The molecule has 130 valence electrons. The molecule has 1 aliphatic heterocycles. The zero-order valence-corrected chi connectivity index (χ0v) is 15.1. The van der Waals surface area contributed by atoms with Gasteiger partial charge in [-0.15, -0.1) is 11.3 Å². The molecule has 2 aromatic rings. The molecule has 0 bridgehead atoms. The Kier molecular flexibility index (Phi) is 5.92. The average molecular weight is 369 g/mol. The van der Waals surface area contributed by atoms with Crippen molar-refractivity contribution < 1.29 is 19.3 Å². The first-order chi connectivity index (χ1) is 11.6. The maximum atomic E-state index is 11.5. The lowest BCUT2D eigenvalue weighted by Gasteiger charge is -2.28. The lowest BCUT2D eigenvalue weighted by Crippen LogP contribution is -2.27. The van der Waals surface area contributed by atoms with Gasteiger partial charge in [0.1, 0.15) is 5.60 Å². The van der Waals surface area contributed by atoms with Crippen LogP contribution in [-0.4, -0.2) is 32.0 Å². The summed E-state index contributed by atoms with van der Waals surface area (Å²) in [6.07, 6.45) is 0.955. The van der Waals surface area contributed by atoms with E-state index in [1.807, 2.05) is 29.6 Å². The van der Waals surface area contributed by atoms with Crippen molar-refractivity contribution in [2.45, 2.75) is 24.7 Å². The van der Waals surface area contributed by atoms with E-state index in [0.29, 0.717) is 31.3 Å². The molecule has 1 fully saturated rings.